The van der Waals surface area contributed by atoms with Gasteiger partial charge in [-0.15, -0.1) is 0 Å². The van der Waals surface area contributed by atoms with E-state index in [9.17, 15) is 4.79 Å². The van der Waals surface area contributed by atoms with Crippen molar-refractivity contribution in [2.24, 2.45) is 0 Å². The summed E-state index contributed by atoms with van der Waals surface area (Å²) in [4.78, 5) is 14.4. The van der Waals surface area contributed by atoms with Gasteiger partial charge in [0.2, 0.25) is 0 Å². The van der Waals surface area contributed by atoms with Gasteiger partial charge in [-0.1, -0.05) is 42.5 Å². The van der Waals surface area contributed by atoms with Crippen LogP contribution in [0.3, 0.4) is 0 Å². The molecule has 2 aromatic rings. The second kappa shape index (κ2) is 7.45. The molecule has 3 nitrogen and oxygen atoms in total. The summed E-state index contributed by atoms with van der Waals surface area (Å²) < 4.78 is 5.31. The van der Waals surface area contributed by atoms with E-state index < -0.39 is 0 Å². The Kier molecular flexibility index (Phi) is 5.11. The van der Waals surface area contributed by atoms with E-state index in [2.05, 4.69) is 44.2 Å². The Labute approximate surface area is 143 Å². The third-order valence-electron chi connectivity index (χ3n) is 4.42. The molecule has 1 fully saturated rings. The van der Waals surface area contributed by atoms with Crippen molar-refractivity contribution in [2.75, 3.05) is 26.3 Å². The lowest BCUT2D eigenvalue weighted by Crippen LogP contribution is -2.40. The average molecular weight is 321 g/mol. The van der Waals surface area contributed by atoms with Crippen LogP contribution in [0, 0.1) is 13.8 Å². The van der Waals surface area contributed by atoms with Crippen molar-refractivity contribution < 1.29 is 9.53 Å². The summed E-state index contributed by atoms with van der Waals surface area (Å²) in [5.74, 6) is 0.0839. The van der Waals surface area contributed by atoms with Crippen molar-refractivity contribution in [1.82, 2.24) is 4.90 Å². The zero-order valence-corrected chi connectivity index (χ0v) is 14.3. The van der Waals surface area contributed by atoms with Gasteiger partial charge in [-0.05, 0) is 48.2 Å². The lowest BCUT2D eigenvalue weighted by Gasteiger charge is -2.26. The SMILES string of the molecule is Cc1cccc(C)c1/C=C/c1cccc(C(=O)N2CCOCC2)c1. The maximum atomic E-state index is 12.6. The van der Waals surface area contributed by atoms with Crippen molar-refractivity contribution in [2.45, 2.75) is 13.8 Å². The highest BCUT2D eigenvalue weighted by molar-refractivity contribution is 5.95. The average Bonchev–Trinajstić information content (AvgIpc) is 2.62. The molecule has 0 radical (unpaired) electrons. The minimum atomic E-state index is 0.0839. The van der Waals surface area contributed by atoms with Crippen LogP contribution in [0.4, 0.5) is 0 Å². The molecule has 124 valence electrons. The maximum absolute atomic E-state index is 12.6. The number of hydrogen-bond donors (Lipinski definition) is 0. The number of hydrogen-bond acceptors (Lipinski definition) is 2. The zero-order valence-electron chi connectivity index (χ0n) is 14.3. The molecule has 3 heteroatoms. The van der Waals surface area contributed by atoms with Crippen molar-refractivity contribution in [3.63, 3.8) is 0 Å². The number of carbonyl (C=O) groups is 1. The highest BCUT2D eigenvalue weighted by Crippen LogP contribution is 2.18. The third-order valence-corrected chi connectivity index (χ3v) is 4.42. The van der Waals surface area contributed by atoms with E-state index in [1.807, 2.05) is 29.2 Å². The van der Waals surface area contributed by atoms with Crippen molar-refractivity contribution in [3.8, 4) is 0 Å². The van der Waals surface area contributed by atoms with Crippen LogP contribution in [0.2, 0.25) is 0 Å². The van der Waals surface area contributed by atoms with E-state index in [-0.39, 0.29) is 5.91 Å². The first-order valence-electron chi connectivity index (χ1n) is 8.36. The molecule has 1 aliphatic heterocycles. The number of benzene rings is 2. The monoisotopic (exact) mass is 321 g/mol. The molecule has 0 atom stereocenters. The van der Waals surface area contributed by atoms with Crippen LogP contribution >= 0.6 is 0 Å². The summed E-state index contributed by atoms with van der Waals surface area (Å²) in [5, 5.41) is 0. The summed E-state index contributed by atoms with van der Waals surface area (Å²) in [5.41, 5.74) is 5.53. The number of amides is 1. The lowest BCUT2D eigenvalue weighted by atomic mass is 10.0. The van der Waals surface area contributed by atoms with Crippen LogP contribution in [0.15, 0.2) is 42.5 Å². The first-order valence-corrected chi connectivity index (χ1v) is 8.36. The van der Waals surface area contributed by atoms with E-state index in [0.717, 1.165) is 11.1 Å². The molecule has 0 N–H and O–H groups in total. The van der Waals surface area contributed by atoms with Gasteiger partial charge in [-0.25, -0.2) is 0 Å². The van der Waals surface area contributed by atoms with Crippen LogP contribution in [0.1, 0.15) is 32.6 Å². The van der Waals surface area contributed by atoms with Crippen molar-refractivity contribution in [1.29, 1.82) is 0 Å². The summed E-state index contributed by atoms with van der Waals surface area (Å²) >= 11 is 0. The molecule has 0 spiro atoms. The van der Waals surface area contributed by atoms with E-state index in [0.29, 0.717) is 26.3 Å². The van der Waals surface area contributed by atoms with Gasteiger partial charge in [0, 0.05) is 18.7 Å². The van der Waals surface area contributed by atoms with E-state index >= 15 is 0 Å². The molecular formula is C21H23NO2. The van der Waals surface area contributed by atoms with Crippen molar-refractivity contribution >= 4 is 18.1 Å². The summed E-state index contributed by atoms with van der Waals surface area (Å²) in [6.45, 7) is 6.81. The molecule has 24 heavy (non-hydrogen) atoms. The number of ether oxygens (including phenoxy) is 1. The Balaban J connectivity index is 1.80. The quantitative estimate of drug-likeness (QED) is 0.801. The largest absolute Gasteiger partial charge is 0.378 e. The van der Waals surface area contributed by atoms with Crippen LogP contribution < -0.4 is 0 Å². The molecule has 1 heterocycles. The number of aryl methyl sites for hydroxylation is 2. The number of carbonyl (C=O) groups excluding carboxylic acids is 1. The highest BCUT2D eigenvalue weighted by Gasteiger charge is 2.18. The molecule has 1 amide bonds. The van der Waals surface area contributed by atoms with Gasteiger partial charge in [0.25, 0.3) is 5.91 Å². The molecule has 0 aromatic heterocycles. The van der Waals surface area contributed by atoms with Gasteiger partial charge in [0.15, 0.2) is 0 Å². The Hall–Kier alpha value is -2.39. The van der Waals surface area contributed by atoms with Crippen molar-refractivity contribution in [3.05, 3.63) is 70.3 Å². The lowest BCUT2D eigenvalue weighted by molar-refractivity contribution is 0.0303. The first-order chi connectivity index (χ1) is 11.6. The molecule has 1 saturated heterocycles. The number of nitrogens with zero attached hydrogens (tertiary/aromatic N) is 1. The van der Waals surface area contributed by atoms with Gasteiger partial charge in [-0.2, -0.15) is 0 Å². The smallest absolute Gasteiger partial charge is 0.254 e. The molecule has 0 bridgehead atoms. The Morgan fingerprint density at radius 2 is 1.67 bits per heavy atom. The predicted octanol–water partition coefficient (Wildman–Crippen LogP) is 3.95. The Morgan fingerprint density at radius 1 is 1.00 bits per heavy atom. The molecule has 2 aromatic carbocycles. The fourth-order valence-corrected chi connectivity index (χ4v) is 2.99. The molecule has 0 unspecified atom stereocenters. The molecule has 0 aliphatic carbocycles. The standard InChI is InChI=1S/C21H23NO2/c1-16-5-3-6-17(2)20(16)10-9-18-7-4-8-19(15-18)21(23)22-11-13-24-14-12-22/h3-10,15H,11-14H2,1-2H3/b10-9+. The molecule has 1 aliphatic rings. The number of rotatable bonds is 3. The number of morpholine rings is 1. The second-order valence-corrected chi connectivity index (χ2v) is 6.17. The summed E-state index contributed by atoms with van der Waals surface area (Å²) in [6, 6.07) is 14.1. The minimum Gasteiger partial charge on any atom is -0.378 e. The van der Waals surface area contributed by atoms with Gasteiger partial charge in [0.05, 0.1) is 13.2 Å². The Bertz CT molecular complexity index is 738. The van der Waals surface area contributed by atoms with Gasteiger partial charge < -0.3 is 9.64 Å². The second-order valence-electron chi connectivity index (χ2n) is 6.17. The molecular weight excluding hydrogens is 298 g/mol. The van der Waals surface area contributed by atoms with Gasteiger partial charge >= 0.3 is 0 Å². The van der Waals surface area contributed by atoms with E-state index in [1.54, 1.807) is 0 Å². The fraction of sp³-hybridized carbons (Fsp3) is 0.286. The maximum Gasteiger partial charge on any atom is 0.254 e. The first kappa shape index (κ1) is 16.5. The van der Waals surface area contributed by atoms with Gasteiger partial charge in [0.1, 0.15) is 0 Å². The fourth-order valence-electron chi connectivity index (χ4n) is 2.99. The third kappa shape index (κ3) is 3.74. The zero-order chi connectivity index (χ0) is 16.9. The van der Waals surface area contributed by atoms with Gasteiger partial charge in [-0.3, -0.25) is 4.79 Å². The van der Waals surface area contributed by atoms with Crippen LogP contribution in [0.25, 0.3) is 12.2 Å². The summed E-state index contributed by atoms with van der Waals surface area (Å²) in [6.07, 6.45) is 4.20. The molecule has 3 rings (SSSR count). The highest BCUT2D eigenvalue weighted by atomic mass is 16.5. The predicted molar refractivity (Wildman–Crippen MR) is 98.0 cm³/mol. The van der Waals surface area contributed by atoms with E-state index in [1.165, 1.54) is 16.7 Å². The summed E-state index contributed by atoms with van der Waals surface area (Å²) in [7, 11) is 0. The Morgan fingerprint density at radius 3 is 2.38 bits per heavy atom. The van der Waals surface area contributed by atoms with Crippen LogP contribution in [-0.4, -0.2) is 37.1 Å². The van der Waals surface area contributed by atoms with E-state index in [4.69, 9.17) is 4.74 Å². The molecule has 0 saturated carbocycles. The van der Waals surface area contributed by atoms with Crippen LogP contribution in [0.5, 0.6) is 0 Å². The minimum absolute atomic E-state index is 0.0839. The van der Waals surface area contributed by atoms with Crippen LogP contribution in [-0.2, 0) is 4.74 Å². The topological polar surface area (TPSA) is 29.5 Å². The normalized spacial score (nSPS) is 15.0.